The first-order valence-corrected chi connectivity index (χ1v) is 9.01. The Labute approximate surface area is 144 Å². The van der Waals surface area contributed by atoms with Crippen molar-refractivity contribution in [1.29, 1.82) is 0 Å². The second kappa shape index (κ2) is 4.87. The molecule has 0 bridgehead atoms. The maximum absolute atomic E-state index is 6.32. The highest BCUT2D eigenvalue weighted by molar-refractivity contribution is 5.63. The van der Waals surface area contributed by atoms with Crippen LogP contribution in [-0.2, 0) is 5.41 Å². The topological polar surface area (TPSA) is 42.7 Å². The van der Waals surface area contributed by atoms with Crippen molar-refractivity contribution >= 4 is 11.5 Å². The Hall–Kier alpha value is -1.78. The number of hydrogen-bond acceptors (Lipinski definition) is 4. The van der Waals surface area contributed by atoms with Crippen LogP contribution in [0.2, 0.25) is 0 Å². The zero-order chi connectivity index (χ0) is 17.3. The van der Waals surface area contributed by atoms with Crippen molar-refractivity contribution in [2.24, 2.45) is 0 Å². The predicted octanol–water partition coefficient (Wildman–Crippen LogP) is 3.95. The Morgan fingerprint density at radius 3 is 2.54 bits per heavy atom. The molecule has 2 aromatic rings. The molecule has 0 saturated heterocycles. The van der Waals surface area contributed by atoms with Gasteiger partial charge in [-0.05, 0) is 45.4 Å². The van der Waals surface area contributed by atoms with Crippen LogP contribution < -0.4 is 9.64 Å². The lowest BCUT2D eigenvalue weighted by atomic mass is 9.89. The summed E-state index contributed by atoms with van der Waals surface area (Å²) in [4.78, 5) is 7.54. The zero-order valence-corrected chi connectivity index (χ0v) is 15.6. The molecule has 5 nitrogen and oxygen atoms in total. The van der Waals surface area contributed by atoms with Crippen LogP contribution in [0.4, 0.5) is 5.82 Å². The second-order valence-electron chi connectivity index (χ2n) is 9.20. The molecule has 1 aliphatic heterocycles. The van der Waals surface area contributed by atoms with Gasteiger partial charge in [0.15, 0.2) is 17.2 Å². The van der Waals surface area contributed by atoms with Crippen molar-refractivity contribution < 1.29 is 4.74 Å². The van der Waals surface area contributed by atoms with Gasteiger partial charge < -0.3 is 9.64 Å². The third-order valence-electron chi connectivity index (χ3n) is 5.23. The van der Waals surface area contributed by atoms with Gasteiger partial charge in [-0.25, -0.2) is 9.50 Å². The fraction of sp³-hybridized carbons (Fsp3) is 0.684. The number of ether oxygens (including phenoxy) is 1. The molecule has 0 radical (unpaired) electrons. The van der Waals surface area contributed by atoms with Crippen LogP contribution in [0.15, 0.2) is 12.4 Å². The Kier molecular flexibility index (Phi) is 3.19. The van der Waals surface area contributed by atoms with Gasteiger partial charge in [-0.15, -0.1) is 0 Å². The molecule has 1 aliphatic carbocycles. The lowest BCUT2D eigenvalue weighted by Crippen LogP contribution is -2.55. The summed E-state index contributed by atoms with van der Waals surface area (Å²) in [5, 5.41) is 4.52. The molecule has 1 saturated carbocycles. The lowest BCUT2D eigenvalue weighted by molar-refractivity contribution is 0.156. The Balaban J connectivity index is 1.93. The maximum Gasteiger partial charge on any atom is 0.180 e. The fourth-order valence-corrected chi connectivity index (χ4v) is 4.15. The molecule has 0 amide bonds. The summed E-state index contributed by atoms with van der Waals surface area (Å²) in [5.74, 6) is 1.84. The van der Waals surface area contributed by atoms with E-state index in [4.69, 9.17) is 9.72 Å². The third kappa shape index (κ3) is 2.28. The lowest BCUT2D eigenvalue weighted by Gasteiger charge is -2.47. The number of rotatable bonds is 0. The minimum Gasteiger partial charge on any atom is -0.483 e. The molecule has 2 aromatic heterocycles. The largest absolute Gasteiger partial charge is 0.483 e. The second-order valence-corrected chi connectivity index (χ2v) is 9.20. The average molecular weight is 328 g/mol. The van der Waals surface area contributed by atoms with E-state index in [0.717, 1.165) is 23.6 Å². The SMILES string of the molecule is CC(C)(C)c1cnn2cc3c(nc12)N(C(C)(C)C)[C@@H]1CCC[C@H]1O3. The molecule has 4 rings (SSSR count). The van der Waals surface area contributed by atoms with Crippen molar-refractivity contribution in [2.45, 2.75) is 83.9 Å². The van der Waals surface area contributed by atoms with E-state index in [0.29, 0.717) is 6.04 Å². The summed E-state index contributed by atoms with van der Waals surface area (Å²) in [5.41, 5.74) is 2.14. The van der Waals surface area contributed by atoms with Crippen molar-refractivity contribution in [2.75, 3.05) is 4.90 Å². The van der Waals surface area contributed by atoms with Gasteiger partial charge in [0.25, 0.3) is 0 Å². The maximum atomic E-state index is 6.32. The molecule has 2 atom stereocenters. The summed E-state index contributed by atoms with van der Waals surface area (Å²) >= 11 is 0. The third-order valence-corrected chi connectivity index (χ3v) is 5.23. The van der Waals surface area contributed by atoms with Crippen LogP contribution in [0, 0.1) is 0 Å². The normalized spacial score (nSPS) is 24.0. The summed E-state index contributed by atoms with van der Waals surface area (Å²) < 4.78 is 8.19. The van der Waals surface area contributed by atoms with Gasteiger partial charge in [-0.3, -0.25) is 0 Å². The van der Waals surface area contributed by atoms with Gasteiger partial charge in [0.2, 0.25) is 0 Å². The van der Waals surface area contributed by atoms with Gasteiger partial charge in [-0.1, -0.05) is 20.8 Å². The fourth-order valence-electron chi connectivity index (χ4n) is 4.15. The average Bonchev–Trinajstić information content (AvgIpc) is 3.05. The highest BCUT2D eigenvalue weighted by Crippen LogP contribution is 2.44. The van der Waals surface area contributed by atoms with E-state index in [2.05, 4.69) is 51.5 Å². The minimum atomic E-state index is 0.0129. The number of aromatic nitrogens is 3. The molecule has 0 N–H and O–H groups in total. The summed E-state index contributed by atoms with van der Waals surface area (Å²) in [6.07, 6.45) is 7.76. The van der Waals surface area contributed by atoms with Crippen LogP contribution in [0.3, 0.4) is 0 Å². The molecule has 1 fully saturated rings. The Bertz CT molecular complexity index is 781. The van der Waals surface area contributed by atoms with Crippen molar-refractivity contribution in [3.63, 3.8) is 0 Å². The van der Waals surface area contributed by atoms with E-state index in [1.165, 1.54) is 18.4 Å². The molecule has 0 spiro atoms. The molecule has 2 aliphatic rings. The minimum absolute atomic E-state index is 0.0129. The molecular formula is C19H28N4O. The van der Waals surface area contributed by atoms with E-state index in [-0.39, 0.29) is 17.1 Å². The summed E-state index contributed by atoms with van der Waals surface area (Å²) in [7, 11) is 0. The van der Waals surface area contributed by atoms with E-state index >= 15 is 0 Å². The van der Waals surface area contributed by atoms with Gasteiger partial charge in [0.1, 0.15) is 6.10 Å². The van der Waals surface area contributed by atoms with E-state index in [1.807, 2.05) is 16.9 Å². The van der Waals surface area contributed by atoms with E-state index < -0.39 is 0 Å². The number of hydrogen-bond donors (Lipinski definition) is 0. The number of nitrogens with zero attached hydrogens (tertiary/aromatic N) is 4. The Morgan fingerprint density at radius 1 is 1.12 bits per heavy atom. The van der Waals surface area contributed by atoms with Crippen molar-refractivity contribution in [3.05, 3.63) is 18.0 Å². The van der Waals surface area contributed by atoms with E-state index in [1.54, 1.807) is 0 Å². The monoisotopic (exact) mass is 328 g/mol. The van der Waals surface area contributed by atoms with Gasteiger partial charge in [0.05, 0.1) is 18.4 Å². The standard InChI is InChI=1S/C19H28N4O/c1-18(2,3)12-10-20-22-11-15-17(21-16(12)22)23(19(4,5)6)13-8-7-9-14(13)24-15/h10-11,13-14H,7-9H2,1-6H3/t13-,14-/m1/s1. The molecule has 0 unspecified atom stereocenters. The highest BCUT2D eigenvalue weighted by atomic mass is 16.5. The first-order chi connectivity index (χ1) is 11.2. The smallest absolute Gasteiger partial charge is 0.180 e. The predicted molar refractivity (Wildman–Crippen MR) is 96.0 cm³/mol. The van der Waals surface area contributed by atoms with Crippen LogP contribution >= 0.6 is 0 Å². The van der Waals surface area contributed by atoms with Crippen LogP contribution in [-0.4, -0.2) is 32.3 Å². The van der Waals surface area contributed by atoms with Crippen molar-refractivity contribution in [3.8, 4) is 5.75 Å². The van der Waals surface area contributed by atoms with Gasteiger partial charge >= 0.3 is 0 Å². The molecule has 3 heterocycles. The molecule has 5 heteroatoms. The summed E-state index contributed by atoms with van der Waals surface area (Å²) in [6, 6.07) is 0.424. The van der Waals surface area contributed by atoms with E-state index in [9.17, 15) is 0 Å². The molecule has 0 aromatic carbocycles. The molecule has 24 heavy (non-hydrogen) atoms. The quantitative estimate of drug-likeness (QED) is 0.734. The van der Waals surface area contributed by atoms with Crippen LogP contribution in [0.1, 0.15) is 66.4 Å². The van der Waals surface area contributed by atoms with Gasteiger partial charge in [0, 0.05) is 11.1 Å². The zero-order valence-electron chi connectivity index (χ0n) is 15.6. The first kappa shape index (κ1) is 15.7. The van der Waals surface area contributed by atoms with Crippen LogP contribution in [0.25, 0.3) is 5.65 Å². The number of anilines is 1. The highest BCUT2D eigenvalue weighted by Gasteiger charge is 2.44. The van der Waals surface area contributed by atoms with Crippen LogP contribution in [0.5, 0.6) is 5.75 Å². The first-order valence-electron chi connectivity index (χ1n) is 9.01. The van der Waals surface area contributed by atoms with Crippen molar-refractivity contribution in [1.82, 2.24) is 14.6 Å². The summed E-state index contributed by atoms with van der Waals surface area (Å²) in [6.45, 7) is 13.4. The molecular weight excluding hydrogens is 300 g/mol. The Morgan fingerprint density at radius 2 is 1.88 bits per heavy atom. The van der Waals surface area contributed by atoms with Gasteiger partial charge in [-0.2, -0.15) is 5.10 Å². The number of fused-ring (bicyclic) bond motifs is 3. The molecule has 130 valence electrons.